The minimum absolute atomic E-state index is 0.0942. The first-order valence-electron chi connectivity index (χ1n) is 6.38. The number of nitrogens with zero attached hydrogens (tertiary/aromatic N) is 1. The summed E-state index contributed by atoms with van der Waals surface area (Å²) in [6.07, 6.45) is 1.67. The van der Waals surface area contributed by atoms with Gasteiger partial charge in [0.2, 0.25) is 5.89 Å². The molecule has 0 bridgehead atoms. The molecule has 0 aliphatic heterocycles. The van der Waals surface area contributed by atoms with Crippen LogP contribution in [0, 0.1) is 3.57 Å². The fourth-order valence-electron chi connectivity index (χ4n) is 1.66. The Morgan fingerprint density at radius 3 is 2.71 bits per heavy atom. The number of ether oxygens (including phenoxy) is 1. The van der Waals surface area contributed by atoms with E-state index in [2.05, 4.69) is 27.6 Å². The quantitative estimate of drug-likeness (QED) is 0.788. The first kappa shape index (κ1) is 15.8. The molecule has 0 radical (unpaired) electrons. The second-order valence-corrected chi connectivity index (χ2v) is 6.85. The standard InChI is InChI=1S/C15H16INO4/c1-15(2,3)12-7-17-13(21-12)8-20-11-5-4-9(16)6-10(11)14(18)19/h4-7H,8H2,1-3H3,(H,18,19). The molecule has 0 atom stereocenters. The lowest BCUT2D eigenvalue weighted by atomic mass is 9.94. The van der Waals surface area contributed by atoms with Crippen molar-refractivity contribution in [3.05, 3.63) is 45.2 Å². The second-order valence-electron chi connectivity index (χ2n) is 5.60. The molecule has 1 aromatic heterocycles. The van der Waals surface area contributed by atoms with Crippen molar-refractivity contribution in [1.82, 2.24) is 4.98 Å². The molecule has 1 heterocycles. The number of benzene rings is 1. The van der Waals surface area contributed by atoms with E-state index >= 15 is 0 Å². The molecule has 0 amide bonds. The van der Waals surface area contributed by atoms with Gasteiger partial charge in [-0.1, -0.05) is 20.8 Å². The summed E-state index contributed by atoms with van der Waals surface area (Å²) >= 11 is 2.06. The van der Waals surface area contributed by atoms with Crippen molar-refractivity contribution >= 4 is 28.6 Å². The van der Waals surface area contributed by atoms with Crippen molar-refractivity contribution in [3.8, 4) is 5.75 Å². The lowest BCUT2D eigenvalue weighted by Crippen LogP contribution is -2.09. The van der Waals surface area contributed by atoms with E-state index in [9.17, 15) is 9.90 Å². The Morgan fingerprint density at radius 1 is 1.43 bits per heavy atom. The number of halogens is 1. The van der Waals surface area contributed by atoms with Crippen LogP contribution >= 0.6 is 22.6 Å². The van der Waals surface area contributed by atoms with Crippen LogP contribution in [-0.4, -0.2) is 16.1 Å². The van der Waals surface area contributed by atoms with Crippen LogP contribution < -0.4 is 4.74 Å². The number of oxazole rings is 1. The van der Waals surface area contributed by atoms with Gasteiger partial charge in [0.05, 0.1) is 6.20 Å². The van der Waals surface area contributed by atoms with Gasteiger partial charge in [-0.2, -0.15) is 0 Å². The summed E-state index contributed by atoms with van der Waals surface area (Å²) in [4.78, 5) is 15.3. The molecule has 0 unspecified atom stereocenters. The molecular formula is C15H16INO4. The van der Waals surface area contributed by atoms with Gasteiger partial charge in [0.1, 0.15) is 17.1 Å². The molecule has 2 aromatic rings. The SMILES string of the molecule is CC(C)(C)c1cnc(COc2ccc(I)cc2C(=O)O)o1. The lowest BCUT2D eigenvalue weighted by Gasteiger charge is -2.13. The zero-order valence-electron chi connectivity index (χ0n) is 12.0. The molecule has 112 valence electrons. The van der Waals surface area contributed by atoms with Crippen LogP contribution in [0.5, 0.6) is 5.75 Å². The monoisotopic (exact) mass is 401 g/mol. The zero-order valence-corrected chi connectivity index (χ0v) is 14.2. The molecule has 0 saturated carbocycles. The van der Waals surface area contributed by atoms with Crippen LogP contribution in [0.15, 0.2) is 28.8 Å². The second kappa shape index (κ2) is 6.05. The Hall–Kier alpha value is -1.57. The summed E-state index contributed by atoms with van der Waals surface area (Å²) in [6.45, 7) is 6.18. The summed E-state index contributed by atoms with van der Waals surface area (Å²) in [6, 6.07) is 4.99. The average molecular weight is 401 g/mol. The predicted octanol–water partition coefficient (Wildman–Crippen LogP) is 3.85. The molecule has 5 nitrogen and oxygen atoms in total. The maximum absolute atomic E-state index is 11.2. The Kier molecular flexibility index (Phi) is 4.55. The van der Waals surface area contributed by atoms with Crippen LogP contribution in [-0.2, 0) is 12.0 Å². The van der Waals surface area contributed by atoms with Crippen molar-refractivity contribution in [1.29, 1.82) is 0 Å². The number of hydrogen-bond donors (Lipinski definition) is 1. The Labute approximate surface area is 136 Å². The first-order valence-corrected chi connectivity index (χ1v) is 7.46. The molecule has 21 heavy (non-hydrogen) atoms. The van der Waals surface area contributed by atoms with E-state index in [1.54, 1.807) is 24.4 Å². The van der Waals surface area contributed by atoms with Crippen LogP contribution in [0.3, 0.4) is 0 Å². The Balaban J connectivity index is 2.13. The van der Waals surface area contributed by atoms with Crippen LogP contribution in [0.2, 0.25) is 0 Å². The highest BCUT2D eigenvalue weighted by Crippen LogP contribution is 2.25. The zero-order chi connectivity index (χ0) is 15.6. The highest BCUT2D eigenvalue weighted by atomic mass is 127. The topological polar surface area (TPSA) is 72.6 Å². The van der Waals surface area contributed by atoms with Crippen LogP contribution in [0.4, 0.5) is 0 Å². The molecule has 0 fully saturated rings. The van der Waals surface area contributed by atoms with Crippen molar-refractivity contribution < 1.29 is 19.1 Å². The van der Waals surface area contributed by atoms with Gasteiger partial charge in [-0.25, -0.2) is 9.78 Å². The molecular weight excluding hydrogens is 385 g/mol. The number of carboxylic acid groups (broad SMARTS) is 1. The molecule has 1 aromatic carbocycles. The minimum Gasteiger partial charge on any atom is -0.483 e. The third-order valence-corrected chi connectivity index (χ3v) is 3.49. The smallest absolute Gasteiger partial charge is 0.339 e. The first-order chi connectivity index (χ1) is 9.77. The minimum atomic E-state index is -1.02. The van der Waals surface area contributed by atoms with Crippen molar-refractivity contribution in [3.63, 3.8) is 0 Å². The lowest BCUT2D eigenvalue weighted by molar-refractivity contribution is 0.0691. The van der Waals surface area contributed by atoms with Gasteiger partial charge < -0.3 is 14.3 Å². The van der Waals surface area contributed by atoms with Gasteiger partial charge in [0.25, 0.3) is 0 Å². The maximum Gasteiger partial charge on any atom is 0.339 e. The third kappa shape index (κ3) is 3.96. The number of rotatable bonds is 4. The van der Waals surface area contributed by atoms with Gasteiger partial charge in [-0.15, -0.1) is 0 Å². The predicted molar refractivity (Wildman–Crippen MR) is 85.7 cm³/mol. The summed E-state index contributed by atoms with van der Waals surface area (Å²) in [5.41, 5.74) is 0.00450. The van der Waals surface area contributed by atoms with Gasteiger partial charge in [0, 0.05) is 8.99 Å². The van der Waals surface area contributed by atoms with E-state index in [0.29, 0.717) is 11.6 Å². The molecule has 2 rings (SSSR count). The molecule has 6 heteroatoms. The molecule has 0 aliphatic carbocycles. The third-order valence-electron chi connectivity index (χ3n) is 2.82. The van der Waals surface area contributed by atoms with Crippen LogP contribution in [0.25, 0.3) is 0 Å². The summed E-state index contributed by atoms with van der Waals surface area (Å²) < 4.78 is 12.0. The normalized spacial score (nSPS) is 11.4. The van der Waals surface area contributed by atoms with Gasteiger partial charge in [-0.3, -0.25) is 0 Å². The van der Waals surface area contributed by atoms with E-state index < -0.39 is 5.97 Å². The van der Waals surface area contributed by atoms with Gasteiger partial charge in [-0.05, 0) is 40.8 Å². The Bertz CT molecular complexity index is 658. The fraction of sp³-hybridized carbons (Fsp3) is 0.333. The number of carboxylic acids is 1. The van der Waals surface area contributed by atoms with Crippen LogP contribution in [0.1, 0.15) is 42.8 Å². The number of aromatic nitrogens is 1. The Morgan fingerprint density at radius 2 is 2.14 bits per heavy atom. The number of carbonyl (C=O) groups is 1. The summed E-state index contributed by atoms with van der Waals surface area (Å²) in [7, 11) is 0. The molecule has 0 aliphatic rings. The van der Waals surface area contributed by atoms with E-state index in [4.69, 9.17) is 9.15 Å². The van der Waals surface area contributed by atoms with Crippen molar-refractivity contribution in [2.75, 3.05) is 0 Å². The maximum atomic E-state index is 11.2. The fourth-order valence-corrected chi connectivity index (χ4v) is 2.15. The van der Waals surface area contributed by atoms with Gasteiger partial charge in [0.15, 0.2) is 6.61 Å². The van der Waals surface area contributed by atoms with Crippen molar-refractivity contribution in [2.24, 2.45) is 0 Å². The highest BCUT2D eigenvalue weighted by molar-refractivity contribution is 14.1. The molecule has 0 saturated heterocycles. The van der Waals surface area contributed by atoms with Gasteiger partial charge >= 0.3 is 5.97 Å². The van der Waals surface area contributed by atoms with E-state index in [-0.39, 0.29) is 17.6 Å². The molecule has 1 N–H and O–H groups in total. The van der Waals surface area contributed by atoms with E-state index in [0.717, 1.165) is 9.33 Å². The number of aromatic carboxylic acids is 1. The van der Waals surface area contributed by atoms with E-state index in [1.807, 2.05) is 20.8 Å². The molecule has 0 spiro atoms. The summed E-state index contributed by atoms with van der Waals surface area (Å²) in [5.74, 6) is 0.474. The van der Waals surface area contributed by atoms with E-state index in [1.165, 1.54) is 0 Å². The highest BCUT2D eigenvalue weighted by Gasteiger charge is 2.19. The summed E-state index contributed by atoms with van der Waals surface area (Å²) in [5, 5.41) is 9.18. The largest absolute Gasteiger partial charge is 0.483 e. The number of hydrogen-bond acceptors (Lipinski definition) is 4. The average Bonchev–Trinajstić information content (AvgIpc) is 2.85. The van der Waals surface area contributed by atoms with Crippen molar-refractivity contribution in [2.45, 2.75) is 32.8 Å².